The van der Waals surface area contributed by atoms with Gasteiger partial charge in [-0.1, -0.05) is 24.3 Å². The summed E-state index contributed by atoms with van der Waals surface area (Å²) in [6.07, 6.45) is 3.23. The Kier molecular flexibility index (Phi) is 5.17. The van der Waals surface area contributed by atoms with E-state index >= 15 is 0 Å². The second-order valence-corrected chi connectivity index (χ2v) is 7.35. The van der Waals surface area contributed by atoms with Crippen molar-refractivity contribution in [3.8, 4) is 11.5 Å². The number of para-hydroxylation sites is 1. The summed E-state index contributed by atoms with van der Waals surface area (Å²) in [5, 5.41) is 3.65. The number of fused-ring (bicyclic) bond motifs is 1. The number of ether oxygens (including phenoxy) is 1. The summed E-state index contributed by atoms with van der Waals surface area (Å²) < 4.78 is 6.92. The highest BCUT2D eigenvalue weighted by molar-refractivity contribution is 7.19. The van der Waals surface area contributed by atoms with Crippen LogP contribution in [0.5, 0.6) is 11.5 Å². The van der Waals surface area contributed by atoms with Crippen LogP contribution in [-0.4, -0.2) is 10.9 Å². The summed E-state index contributed by atoms with van der Waals surface area (Å²) in [6.45, 7) is 2.02. The number of anilines is 1. The fourth-order valence-electron chi connectivity index (χ4n) is 2.71. The predicted molar refractivity (Wildman–Crippen MR) is 115 cm³/mol. The number of rotatable bonds is 5. The molecule has 0 spiro atoms. The number of amides is 1. The highest BCUT2D eigenvalue weighted by Gasteiger charge is 2.03. The first kappa shape index (κ1) is 17.9. The molecule has 28 heavy (non-hydrogen) atoms. The molecule has 138 valence electrons. The first-order valence-electron chi connectivity index (χ1n) is 8.85. The number of nitrogens with one attached hydrogen (secondary N) is 1. The number of nitrogens with zero attached hydrogens (tertiary/aromatic N) is 1. The predicted octanol–water partition coefficient (Wildman–Crippen LogP) is 6.05. The lowest BCUT2D eigenvalue weighted by atomic mass is 10.2. The molecule has 0 radical (unpaired) electrons. The molecule has 3 aromatic carbocycles. The lowest BCUT2D eigenvalue weighted by molar-refractivity contribution is -0.111. The van der Waals surface area contributed by atoms with Crippen molar-refractivity contribution in [1.29, 1.82) is 0 Å². The normalized spacial score (nSPS) is 11.0. The summed E-state index contributed by atoms with van der Waals surface area (Å²) in [5.41, 5.74) is 2.79. The standard InChI is InChI=1S/C23H18N2O2S/c1-16-5-4-6-19(15-16)27-18-11-9-17(10-12-18)24-22(26)13-14-23-25-20-7-2-3-8-21(20)28-23/h2-15H,1H3,(H,24,26)/b14-13+. The molecule has 0 fully saturated rings. The Labute approximate surface area is 167 Å². The van der Waals surface area contributed by atoms with Crippen molar-refractivity contribution in [2.24, 2.45) is 0 Å². The van der Waals surface area contributed by atoms with E-state index in [0.29, 0.717) is 11.4 Å². The minimum Gasteiger partial charge on any atom is -0.457 e. The van der Waals surface area contributed by atoms with Crippen LogP contribution in [0.15, 0.2) is 78.9 Å². The van der Waals surface area contributed by atoms with Crippen molar-refractivity contribution in [2.45, 2.75) is 6.92 Å². The molecule has 0 atom stereocenters. The molecule has 4 rings (SSSR count). The van der Waals surface area contributed by atoms with E-state index in [2.05, 4.69) is 10.3 Å². The van der Waals surface area contributed by atoms with Gasteiger partial charge in [0.05, 0.1) is 10.2 Å². The molecular formula is C23H18N2O2S. The Morgan fingerprint density at radius 3 is 2.61 bits per heavy atom. The molecule has 0 saturated heterocycles. The molecule has 0 unspecified atom stereocenters. The largest absolute Gasteiger partial charge is 0.457 e. The third kappa shape index (κ3) is 4.45. The quantitative estimate of drug-likeness (QED) is 0.425. The van der Waals surface area contributed by atoms with Crippen LogP contribution in [0.3, 0.4) is 0 Å². The number of carbonyl (C=O) groups excluding carboxylic acids is 1. The van der Waals surface area contributed by atoms with Crippen molar-refractivity contribution < 1.29 is 9.53 Å². The number of hydrogen-bond donors (Lipinski definition) is 1. The van der Waals surface area contributed by atoms with Crippen molar-refractivity contribution >= 4 is 39.2 Å². The summed E-state index contributed by atoms with van der Waals surface area (Å²) in [4.78, 5) is 16.6. The molecule has 0 aliphatic rings. The smallest absolute Gasteiger partial charge is 0.248 e. The van der Waals surface area contributed by atoms with Gasteiger partial charge in [-0.2, -0.15) is 0 Å². The zero-order chi connectivity index (χ0) is 19.3. The molecule has 5 heteroatoms. The maximum absolute atomic E-state index is 12.2. The van der Waals surface area contributed by atoms with Gasteiger partial charge < -0.3 is 10.1 Å². The third-order valence-corrected chi connectivity index (χ3v) is 5.04. The van der Waals surface area contributed by atoms with Gasteiger partial charge in [-0.25, -0.2) is 4.98 Å². The van der Waals surface area contributed by atoms with Crippen LogP contribution in [0, 0.1) is 6.92 Å². The minimum atomic E-state index is -0.202. The van der Waals surface area contributed by atoms with Crippen LogP contribution in [-0.2, 0) is 4.79 Å². The van der Waals surface area contributed by atoms with Crippen LogP contribution in [0.2, 0.25) is 0 Å². The van der Waals surface area contributed by atoms with Crippen LogP contribution in [0.4, 0.5) is 5.69 Å². The fourth-order valence-corrected chi connectivity index (χ4v) is 3.58. The zero-order valence-electron chi connectivity index (χ0n) is 15.3. The average Bonchev–Trinajstić information content (AvgIpc) is 3.11. The molecule has 1 aromatic heterocycles. The topological polar surface area (TPSA) is 51.2 Å². The molecular weight excluding hydrogens is 368 g/mol. The Morgan fingerprint density at radius 2 is 1.82 bits per heavy atom. The molecule has 1 heterocycles. The molecule has 4 aromatic rings. The summed E-state index contributed by atoms with van der Waals surface area (Å²) in [7, 11) is 0. The Bertz CT molecular complexity index is 1110. The number of aryl methyl sites for hydroxylation is 1. The van der Waals surface area contributed by atoms with Gasteiger partial charge in [0.25, 0.3) is 0 Å². The summed E-state index contributed by atoms with van der Waals surface area (Å²) in [6, 6.07) is 23.1. The average molecular weight is 386 g/mol. The number of thiazole rings is 1. The van der Waals surface area contributed by atoms with Gasteiger partial charge in [-0.05, 0) is 67.1 Å². The molecule has 0 aliphatic carbocycles. The van der Waals surface area contributed by atoms with Crippen LogP contribution in [0.1, 0.15) is 10.6 Å². The Morgan fingerprint density at radius 1 is 1.00 bits per heavy atom. The third-order valence-electron chi connectivity index (χ3n) is 4.03. The SMILES string of the molecule is Cc1cccc(Oc2ccc(NC(=O)/C=C/c3nc4ccccc4s3)cc2)c1. The van der Waals surface area contributed by atoms with E-state index in [-0.39, 0.29) is 5.91 Å². The summed E-state index contributed by atoms with van der Waals surface area (Å²) in [5.74, 6) is 1.30. The maximum atomic E-state index is 12.2. The van der Waals surface area contributed by atoms with E-state index < -0.39 is 0 Å². The second kappa shape index (κ2) is 8.06. The van der Waals surface area contributed by atoms with Gasteiger partial charge in [-0.3, -0.25) is 4.79 Å². The van der Waals surface area contributed by atoms with Gasteiger partial charge in [-0.15, -0.1) is 11.3 Å². The van der Waals surface area contributed by atoms with E-state index in [9.17, 15) is 4.79 Å². The van der Waals surface area contributed by atoms with E-state index in [1.54, 1.807) is 17.4 Å². The van der Waals surface area contributed by atoms with E-state index in [0.717, 1.165) is 26.5 Å². The minimum absolute atomic E-state index is 0.202. The molecule has 0 aliphatic heterocycles. The van der Waals surface area contributed by atoms with Crippen molar-refractivity contribution in [3.63, 3.8) is 0 Å². The van der Waals surface area contributed by atoms with Gasteiger partial charge in [0.1, 0.15) is 16.5 Å². The lowest BCUT2D eigenvalue weighted by Crippen LogP contribution is -2.07. The number of carbonyl (C=O) groups is 1. The van der Waals surface area contributed by atoms with Crippen molar-refractivity contribution in [1.82, 2.24) is 4.98 Å². The van der Waals surface area contributed by atoms with Gasteiger partial charge in [0, 0.05) is 11.8 Å². The van der Waals surface area contributed by atoms with Crippen LogP contribution < -0.4 is 10.1 Å². The lowest BCUT2D eigenvalue weighted by Gasteiger charge is -2.07. The van der Waals surface area contributed by atoms with E-state index in [1.165, 1.54) is 6.08 Å². The van der Waals surface area contributed by atoms with Gasteiger partial charge >= 0.3 is 0 Å². The van der Waals surface area contributed by atoms with Gasteiger partial charge in [0.15, 0.2) is 0 Å². The molecule has 1 amide bonds. The van der Waals surface area contributed by atoms with Crippen molar-refractivity contribution in [3.05, 3.63) is 89.4 Å². The first-order chi connectivity index (χ1) is 13.7. The molecule has 1 N–H and O–H groups in total. The van der Waals surface area contributed by atoms with Gasteiger partial charge in [0.2, 0.25) is 5.91 Å². The molecule has 4 nitrogen and oxygen atoms in total. The maximum Gasteiger partial charge on any atom is 0.248 e. The number of aromatic nitrogens is 1. The summed E-state index contributed by atoms with van der Waals surface area (Å²) >= 11 is 1.55. The van der Waals surface area contributed by atoms with E-state index in [1.807, 2.05) is 79.7 Å². The number of hydrogen-bond acceptors (Lipinski definition) is 4. The Balaban J connectivity index is 1.37. The Hall–Kier alpha value is -3.44. The van der Waals surface area contributed by atoms with Crippen LogP contribution >= 0.6 is 11.3 Å². The van der Waals surface area contributed by atoms with E-state index in [4.69, 9.17) is 4.74 Å². The fraction of sp³-hybridized carbons (Fsp3) is 0.0435. The highest BCUT2D eigenvalue weighted by atomic mass is 32.1. The van der Waals surface area contributed by atoms with Crippen LogP contribution in [0.25, 0.3) is 16.3 Å². The second-order valence-electron chi connectivity index (χ2n) is 6.29. The monoisotopic (exact) mass is 386 g/mol. The first-order valence-corrected chi connectivity index (χ1v) is 9.67. The molecule has 0 bridgehead atoms. The number of benzene rings is 3. The molecule has 0 saturated carbocycles. The highest BCUT2D eigenvalue weighted by Crippen LogP contribution is 2.24. The van der Waals surface area contributed by atoms with Crippen molar-refractivity contribution in [2.75, 3.05) is 5.32 Å². The zero-order valence-corrected chi connectivity index (χ0v) is 16.1.